The lowest BCUT2D eigenvalue weighted by Crippen LogP contribution is -2.25. The first-order valence-corrected chi connectivity index (χ1v) is 5.20. The zero-order valence-corrected chi connectivity index (χ0v) is 10.7. The first-order chi connectivity index (χ1) is 8.15. The first kappa shape index (κ1) is 14.2. The topological polar surface area (TPSA) is 37.9 Å². The Balaban J connectivity index is 0.00000162. The maximum atomic E-state index is 13.3. The van der Waals surface area contributed by atoms with Crippen molar-refractivity contribution in [3.05, 3.63) is 48.8 Å². The van der Waals surface area contributed by atoms with Crippen LogP contribution in [-0.4, -0.2) is 10.5 Å². The van der Waals surface area contributed by atoms with Gasteiger partial charge in [0.15, 0.2) is 6.54 Å². The van der Waals surface area contributed by atoms with Gasteiger partial charge in [-0.05, 0) is 12.1 Å². The van der Waals surface area contributed by atoms with Crippen LogP contribution < -0.4 is 9.88 Å². The lowest BCUT2D eigenvalue weighted by Gasteiger charge is -2.04. The Morgan fingerprint density at radius 1 is 1.44 bits per heavy atom. The van der Waals surface area contributed by atoms with Crippen LogP contribution in [0.15, 0.2) is 43.0 Å². The number of nitrogens with zero attached hydrogens (tertiary/aromatic N) is 2. The number of aromatic nitrogens is 2. The molecular weight excluding hydrogens is 257 g/mol. The van der Waals surface area contributed by atoms with Crippen LogP contribution in [0, 0.1) is 5.82 Å². The third-order valence-electron chi connectivity index (χ3n) is 2.30. The number of hydrogen-bond donors (Lipinski definition) is 1. The molecule has 1 N–H and O–H groups in total. The monoisotopic (exact) mass is 270 g/mol. The third kappa shape index (κ3) is 3.56. The number of aryl methyl sites for hydroxylation is 1. The molecule has 0 saturated carbocycles. The fourth-order valence-electron chi connectivity index (χ4n) is 1.51. The van der Waals surface area contributed by atoms with Crippen molar-refractivity contribution >= 4 is 24.0 Å². The number of carbonyl (C=O) groups is 1. The number of para-hydroxylation sites is 1. The van der Waals surface area contributed by atoms with Crippen LogP contribution in [0.3, 0.4) is 0 Å². The van der Waals surface area contributed by atoms with Crippen molar-refractivity contribution in [3.63, 3.8) is 0 Å². The van der Waals surface area contributed by atoms with Crippen molar-refractivity contribution in [2.24, 2.45) is 7.05 Å². The highest BCUT2D eigenvalue weighted by molar-refractivity contribution is 5.90. The number of nitrogens with one attached hydrogen (secondary N) is 1. The molecular formula is C12H14ClFN3O+. The molecule has 0 saturated heterocycles. The Kier molecular flexibility index (Phi) is 4.85. The van der Waals surface area contributed by atoms with E-state index < -0.39 is 5.82 Å². The molecule has 0 radical (unpaired) electrons. The SMILES string of the molecule is C[n+]1ccn(CC(=O)Nc2ccccc2F)c1.Cl. The van der Waals surface area contributed by atoms with E-state index in [0.717, 1.165) is 0 Å². The maximum Gasteiger partial charge on any atom is 0.266 e. The smallest absolute Gasteiger partial charge is 0.266 e. The molecule has 2 rings (SSSR count). The summed E-state index contributed by atoms with van der Waals surface area (Å²) in [6.07, 6.45) is 5.39. The molecule has 1 aromatic carbocycles. The van der Waals surface area contributed by atoms with Gasteiger partial charge in [-0.3, -0.25) is 4.79 Å². The lowest BCUT2D eigenvalue weighted by atomic mass is 10.3. The zero-order chi connectivity index (χ0) is 12.3. The van der Waals surface area contributed by atoms with Crippen LogP contribution in [0.4, 0.5) is 10.1 Å². The van der Waals surface area contributed by atoms with Crippen LogP contribution >= 0.6 is 12.4 Å². The normalized spacial score (nSPS) is 9.67. The third-order valence-corrected chi connectivity index (χ3v) is 2.30. The van der Waals surface area contributed by atoms with Crippen molar-refractivity contribution in [1.82, 2.24) is 4.57 Å². The van der Waals surface area contributed by atoms with Crippen molar-refractivity contribution in [1.29, 1.82) is 0 Å². The highest BCUT2D eigenvalue weighted by Crippen LogP contribution is 2.12. The van der Waals surface area contributed by atoms with E-state index in [0.29, 0.717) is 0 Å². The Labute approximate surface area is 110 Å². The van der Waals surface area contributed by atoms with E-state index in [1.807, 2.05) is 17.8 Å². The van der Waals surface area contributed by atoms with Crippen LogP contribution in [-0.2, 0) is 18.4 Å². The van der Waals surface area contributed by atoms with Crippen LogP contribution in [0.25, 0.3) is 0 Å². The molecule has 0 aliphatic carbocycles. The number of rotatable bonds is 3. The van der Waals surface area contributed by atoms with Gasteiger partial charge in [0.25, 0.3) is 5.91 Å². The molecule has 1 aromatic heterocycles. The van der Waals surface area contributed by atoms with E-state index in [2.05, 4.69) is 5.32 Å². The molecule has 0 fully saturated rings. The second-order valence-electron chi connectivity index (χ2n) is 3.78. The molecule has 18 heavy (non-hydrogen) atoms. The van der Waals surface area contributed by atoms with Crippen LogP contribution in [0.2, 0.25) is 0 Å². The summed E-state index contributed by atoms with van der Waals surface area (Å²) in [5, 5.41) is 2.52. The van der Waals surface area contributed by atoms with Crippen LogP contribution in [0.1, 0.15) is 0 Å². The molecule has 0 aliphatic heterocycles. The zero-order valence-electron chi connectivity index (χ0n) is 9.84. The lowest BCUT2D eigenvalue weighted by molar-refractivity contribution is -0.671. The number of hydrogen-bond acceptors (Lipinski definition) is 1. The summed E-state index contributed by atoms with van der Waals surface area (Å²) in [6.45, 7) is 0.162. The van der Waals surface area contributed by atoms with Gasteiger partial charge >= 0.3 is 0 Å². The van der Waals surface area contributed by atoms with E-state index in [9.17, 15) is 9.18 Å². The molecule has 96 valence electrons. The molecule has 4 nitrogen and oxygen atoms in total. The van der Waals surface area contributed by atoms with Crippen LogP contribution in [0.5, 0.6) is 0 Å². The van der Waals surface area contributed by atoms with E-state index in [1.54, 1.807) is 29.2 Å². The van der Waals surface area contributed by atoms with Gasteiger partial charge in [0.1, 0.15) is 18.2 Å². The highest BCUT2D eigenvalue weighted by Gasteiger charge is 2.10. The van der Waals surface area contributed by atoms with E-state index in [1.165, 1.54) is 12.1 Å². The van der Waals surface area contributed by atoms with Crippen molar-refractivity contribution in [2.45, 2.75) is 6.54 Å². The summed E-state index contributed by atoms with van der Waals surface area (Å²) in [7, 11) is 1.87. The standard InChI is InChI=1S/C12H12FN3O.ClH/c1-15-6-7-16(9-15)8-12(17)14-11-5-3-2-4-10(11)13;/h2-7,9H,8H2,1H3;1H/p+1. The van der Waals surface area contributed by atoms with E-state index in [-0.39, 0.29) is 30.5 Å². The quantitative estimate of drug-likeness (QED) is 0.844. The Morgan fingerprint density at radius 3 is 2.78 bits per heavy atom. The number of halogens is 2. The predicted octanol–water partition coefficient (Wildman–Crippen LogP) is 1.51. The van der Waals surface area contributed by atoms with Gasteiger partial charge in [-0.25, -0.2) is 13.5 Å². The number of amides is 1. The van der Waals surface area contributed by atoms with Gasteiger partial charge < -0.3 is 5.32 Å². The molecule has 6 heteroatoms. The second-order valence-corrected chi connectivity index (χ2v) is 3.78. The van der Waals surface area contributed by atoms with Crippen molar-refractivity contribution in [3.8, 4) is 0 Å². The minimum Gasteiger partial charge on any atom is -0.320 e. The summed E-state index contributed by atoms with van der Waals surface area (Å²) in [5.74, 6) is -0.690. The van der Waals surface area contributed by atoms with Gasteiger partial charge in [-0.1, -0.05) is 12.1 Å². The second kappa shape index (κ2) is 6.16. The number of anilines is 1. The molecule has 0 unspecified atom stereocenters. The molecule has 0 atom stereocenters. The number of carbonyl (C=O) groups excluding carboxylic acids is 1. The van der Waals surface area contributed by atoms with Gasteiger partial charge in [0, 0.05) is 0 Å². The van der Waals surface area contributed by atoms with Crippen molar-refractivity contribution in [2.75, 3.05) is 5.32 Å². The molecule has 1 amide bonds. The fourth-order valence-corrected chi connectivity index (χ4v) is 1.51. The summed E-state index contributed by atoms with van der Waals surface area (Å²) in [5.41, 5.74) is 0.203. The minimum atomic E-state index is -0.432. The summed E-state index contributed by atoms with van der Waals surface area (Å²) >= 11 is 0. The molecule has 0 bridgehead atoms. The van der Waals surface area contributed by atoms with Gasteiger partial charge in [0.05, 0.1) is 12.7 Å². The van der Waals surface area contributed by atoms with Gasteiger partial charge in [-0.2, -0.15) is 0 Å². The number of imidazole rings is 1. The Bertz CT molecular complexity index is 542. The summed E-state index contributed by atoms with van der Waals surface area (Å²) in [6, 6.07) is 6.10. The minimum absolute atomic E-state index is 0. The Hall–Kier alpha value is -1.88. The molecule has 0 spiro atoms. The average Bonchev–Trinajstić information content (AvgIpc) is 2.67. The predicted molar refractivity (Wildman–Crippen MR) is 67.9 cm³/mol. The van der Waals surface area contributed by atoms with Gasteiger partial charge in [0.2, 0.25) is 6.33 Å². The molecule has 1 heterocycles. The largest absolute Gasteiger partial charge is 0.320 e. The van der Waals surface area contributed by atoms with E-state index >= 15 is 0 Å². The summed E-state index contributed by atoms with van der Waals surface area (Å²) in [4.78, 5) is 11.6. The first-order valence-electron chi connectivity index (χ1n) is 5.20. The van der Waals surface area contributed by atoms with Gasteiger partial charge in [-0.15, -0.1) is 12.4 Å². The maximum absolute atomic E-state index is 13.3. The molecule has 2 aromatic rings. The van der Waals surface area contributed by atoms with Crippen molar-refractivity contribution < 1.29 is 13.8 Å². The Morgan fingerprint density at radius 2 is 2.17 bits per heavy atom. The molecule has 0 aliphatic rings. The number of benzene rings is 1. The van der Waals surface area contributed by atoms with E-state index in [4.69, 9.17) is 0 Å². The fraction of sp³-hybridized carbons (Fsp3) is 0.167. The highest BCUT2D eigenvalue weighted by atomic mass is 35.5. The average molecular weight is 271 g/mol. The summed E-state index contributed by atoms with van der Waals surface area (Å²) < 4.78 is 16.8.